The van der Waals surface area contributed by atoms with Crippen molar-refractivity contribution in [1.82, 2.24) is 5.32 Å². The van der Waals surface area contributed by atoms with Crippen LogP contribution in [0.15, 0.2) is 30.3 Å². The molecule has 92 valence electrons. The van der Waals surface area contributed by atoms with Crippen molar-refractivity contribution in [2.24, 2.45) is 0 Å². The van der Waals surface area contributed by atoms with E-state index >= 15 is 0 Å². The molecule has 1 aromatic rings. The van der Waals surface area contributed by atoms with E-state index in [0.717, 1.165) is 31.4 Å². The van der Waals surface area contributed by atoms with Crippen LogP contribution in [0.1, 0.15) is 24.8 Å². The van der Waals surface area contributed by atoms with Gasteiger partial charge < -0.3 is 9.47 Å². The Bertz CT molecular complexity index is 347. The van der Waals surface area contributed by atoms with Crippen molar-refractivity contribution in [2.75, 3.05) is 6.54 Å². The summed E-state index contributed by atoms with van der Waals surface area (Å²) in [5.74, 6) is 0. The third-order valence-corrected chi connectivity index (χ3v) is 2.70. The van der Waals surface area contributed by atoms with Gasteiger partial charge >= 0.3 is 6.16 Å². The van der Waals surface area contributed by atoms with Crippen LogP contribution < -0.4 is 5.32 Å². The van der Waals surface area contributed by atoms with Gasteiger partial charge in [0.25, 0.3) is 0 Å². The maximum atomic E-state index is 11.4. The summed E-state index contributed by atoms with van der Waals surface area (Å²) >= 11 is 0. The Morgan fingerprint density at radius 3 is 2.82 bits per heavy atom. The van der Waals surface area contributed by atoms with Crippen molar-refractivity contribution in [3.8, 4) is 0 Å². The lowest BCUT2D eigenvalue weighted by atomic mass is 10.1. The van der Waals surface area contributed by atoms with Crippen molar-refractivity contribution >= 4 is 6.16 Å². The van der Waals surface area contributed by atoms with Crippen molar-refractivity contribution in [3.63, 3.8) is 0 Å². The van der Waals surface area contributed by atoms with Gasteiger partial charge in [0, 0.05) is 0 Å². The first-order valence-corrected chi connectivity index (χ1v) is 5.95. The number of carbonyl (C=O) groups is 1. The van der Waals surface area contributed by atoms with Crippen LogP contribution in [-0.4, -0.2) is 18.9 Å². The quantitative estimate of drug-likeness (QED) is 0.817. The van der Waals surface area contributed by atoms with Crippen LogP contribution in [0.2, 0.25) is 0 Å². The third-order valence-electron chi connectivity index (χ3n) is 2.70. The summed E-state index contributed by atoms with van der Waals surface area (Å²) in [6.45, 7) is 1.16. The first-order chi connectivity index (χ1) is 8.34. The predicted molar refractivity (Wildman–Crippen MR) is 63.4 cm³/mol. The fraction of sp³-hybridized carbons (Fsp3) is 0.462. The van der Waals surface area contributed by atoms with Gasteiger partial charge in [-0.3, -0.25) is 5.32 Å². The van der Waals surface area contributed by atoms with E-state index in [9.17, 15) is 4.79 Å². The van der Waals surface area contributed by atoms with Gasteiger partial charge in [-0.15, -0.1) is 0 Å². The number of piperidine rings is 1. The zero-order valence-electron chi connectivity index (χ0n) is 9.72. The Morgan fingerprint density at radius 2 is 2.12 bits per heavy atom. The lowest BCUT2D eigenvalue weighted by Gasteiger charge is -2.22. The zero-order chi connectivity index (χ0) is 11.9. The average molecular weight is 235 g/mol. The van der Waals surface area contributed by atoms with E-state index in [0.29, 0.717) is 0 Å². The molecule has 0 amide bonds. The molecule has 0 saturated carbocycles. The van der Waals surface area contributed by atoms with E-state index < -0.39 is 6.16 Å². The Balaban J connectivity index is 1.70. The number of nitrogens with one attached hydrogen (secondary N) is 1. The molecule has 1 aliphatic rings. The molecule has 4 heteroatoms. The summed E-state index contributed by atoms with van der Waals surface area (Å²) in [5.41, 5.74) is 0.959. The highest BCUT2D eigenvalue weighted by molar-refractivity contribution is 5.60. The van der Waals surface area contributed by atoms with Gasteiger partial charge in [-0.05, 0) is 31.4 Å². The molecule has 0 aromatic heterocycles. The van der Waals surface area contributed by atoms with E-state index in [2.05, 4.69) is 5.32 Å². The van der Waals surface area contributed by atoms with Gasteiger partial charge in [-0.1, -0.05) is 30.3 Å². The first-order valence-electron chi connectivity index (χ1n) is 5.95. The minimum atomic E-state index is -0.603. The maximum absolute atomic E-state index is 11.4. The number of carbonyl (C=O) groups excluding carboxylic acids is 1. The molecule has 0 aliphatic carbocycles. The molecule has 1 heterocycles. The fourth-order valence-corrected chi connectivity index (χ4v) is 1.79. The van der Waals surface area contributed by atoms with E-state index in [-0.39, 0.29) is 12.8 Å². The van der Waals surface area contributed by atoms with Crippen LogP contribution in [0.3, 0.4) is 0 Å². The van der Waals surface area contributed by atoms with Crippen molar-refractivity contribution in [2.45, 2.75) is 32.1 Å². The minimum Gasteiger partial charge on any atom is -0.429 e. The number of rotatable bonds is 3. The molecular formula is C13H17NO3. The highest BCUT2D eigenvalue weighted by atomic mass is 16.7. The normalized spacial score (nSPS) is 19.6. The molecule has 2 rings (SSSR count). The van der Waals surface area contributed by atoms with Gasteiger partial charge in [0.15, 0.2) is 6.23 Å². The molecule has 0 bridgehead atoms. The standard InChI is InChI=1S/C13H17NO3/c15-13(17-12-8-4-5-9-14-12)16-10-11-6-2-1-3-7-11/h1-3,6-7,12,14H,4-5,8-10H2. The fourth-order valence-electron chi connectivity index (χ4n) is 1.79. The smallest absolute Gasteiger partial charge is 0.429 e. The van der Waals surface area contributed by atoms with Crippen LogP contribution in [0.4, 0.5) is 4.79 Å². The molecule has 1 fully saturated rings. The molecule has 0 spiro atoms. The molecule has 1 aromatic carbocycles. The SMILES string of the molecule is O=C(OCc1ccccc1)OC1CCCCN1. The second-order valence-electron chi connectivity index (χ2n) is 4.08. The Labute approximate surface area is 101 Å². The molecule has 17 heavy (non-hydrogen) atoms. The molecule has 1 atom stereocenters. The van der Waals surface area contributed by atoms with E-state index in [1.807, 2.05) is 30.3 Å². The van der Waals surface area contributed by atoms with Crippen molar-refractivity contribution in [3.05, 3.63) is 35.9 Å². The van der Waals surface area contributed by atoms with Crippen molar-refractivity contribution in [1.29, 1.82) is 0 Å². The van der Waals surface area contributed by atoms with Gasteiger partial charge in [-0.25, -0.2) is 4.79 Å². The lowest BCUT2D eigenvalue weighted by Crippen LogP contribution is -2.37. The lowest BCUT2D eigenvalue weighted by molar-refractivity contribution is -0.00141. The average Bonchev–Trinajstić information content (AvgIpc) is 2.39. The molecule has 1 N–H and O–H groups in total. The van der Waals surface area contributed by atoms with Crippen LogP contribution in [0.5, 0.6) is 0 Å². The Hall–Kier alpha value is -1.55. The Kier molecular flexibility index (Phi) is 4.38. The maximum Gasteiger partial charge on any atom is 0.510 e. The number of ether oxygens (including phenoxy) is 2. The summed E-state index contributed by atoms with van der Waals surface area (Å²) in [7, 11) is 0. The zero-order valence-corrected chi connectivity index (χ0v) is 9.72. The summed E-state index contributed by atoms with van der Waals surface area (Å²) in [4.78, 5) is 11.4. The molecule has 4 nitrogen and oxygen atoms in total. The highest BCUT2D eigenvalue weighted by Crippen LogP contribution is 2.09. The van der Waals surface area contributed by atoms with E-state index in [1.165, 1.54) is 0 Å². The second kappa shape index (κ2) is 6.25. The van der Waals surface area contributed by atoms with Crippen LogP contribution in [0.25, 0.3) is 0 Å². The first kappa shape index (κ1) is 11.9. The van der Waals surface area contributed by atoms with Gasteiger partial charge in [0.1, 0.15) is 6.61 Å². The van der Waals surface area contributed by atoms with Gasteiger partial charge in [0.05, 0.1) is 0 Å². The highest BCUT2D eigenvalue weighted by Gasteiger charge is 2.17. The molecule has 1 aliphatic heterocycles. The summed E-state index contributed by atoms with van der Waals surface area (Å²) < 4.78 is 10.2. The molecule has 0 radical (unpaired) electrons. The van der Waals surface area contributed by atoms with Crippen LogP contribution >= 0.6 is 0 Å². The number of benzene rings is 1. The summed E-state index contributed by atoms with van der Waals surface area (Å²) in [6.07, 6.45) is 2.29. The third kappa shape index (κ3) is 4.07. The van der Waals surface area contributed by atoms with Crippen LogP contribution in [0, 0.1) is 0 Å². The minimum absolute atomic E-state index is 0.188. The predicted octanol–water partition coefficient (Wildman–Crippen LogP) is 2.44. The number of hydrogen-bond donors (Lipinski definition) is 1. The topological polar surface area (TPSA) is 47.6 Å². The van der Waals surface area contributed by atoms with E-state index in [1.54, 1.807) is 0 Å². The van der Waals surface area contributed by atoms with Gasteiger partial charge in [0.2, 0.25) is 0 Å². The van der Waals surface area contributed by atoms with Crippen LogP contribution in [-0.2, 0) is 16.1 Å². The van der Waals surface area contributed by atoms with Gasteiger partial charge in [-0.2, -0.15) is 0 Å². The summed E-state index contributed by atoms with van der Waals surface area (Å²) in [6, 6.07) is 9.56. The van der Waals surface area contributed by atoms with E-state index in [4.69, 9.17) is 9.47 Å². The molecule has 1 unspecified atom stereocenters. The van der Waals surface area contributed by atoms with Crippen molar-refractivity contribution < 1.29 is 14.3 Å². The summed E-state index contributed by atoms with van der Waals surface area (Å²) in [5, 5.41) is 3.13. The number of hydrogen-bond acceptors (Lipinski definition) is 4. The monoisotopic (exact) mass is 235 g/mol. The largest absolute Gasteiger partial charge is 0.510 e. The Morgan fingerprint density at radius 1 is 1.29 bits per heavy atom. The second-order valence-corrected chi connectivity index (χ2v) is 4.08. The molecule has 1 saturated heterocycles. The molecular weight excluding hydrogens is 218 g/mol.